The lowest BCUT2D eigenvalue weighted by molar-refractivity contribution is 0.472. The third-order valence-electron chi connectivity index (χ3n) is 7.36. The number of para-hydroxylation sites is 1. The molecule has 6 rings (SSSR count). The fourth-order valence-electron chi connectivity index (χ4n) is 5.12. The number of aromatic hydroxyl groups is 1. The van der Waals surface area contributed by atoms with Crippen LogP contribution < -0.4 is 10.2 Å². The molecule has 0 aliphatic heterocycles. The van der Waals surface area contributed by atoms with Crippen molar-refractivity contribution >= 4 is 98.1 Å². The molecule has 0 saturated carbocycles. The maximum atomic E-state index is 12.6. The number of rotatable bonds is 9. The standard InChI is InChI=1S/C30H22ClN7O10S3/c1-38(18-8-3-2-4-9-18)30-34-28(31)33-29(35-30)32-22-15-19(49(40,41)42)13-17-14-23(50(43,44)45)25(26(39)24(17)22)37-36-21-12-11-16-7-5-6-10-20(16)27(21)51(46,47)48/h2-15,39H,1H3,(H,40,41,42)(H,43,44,45)(H,46,47,48)(H,32,33,34,35). The fraction of sp³-hybridized carbons (Fsp3) is 0.0333. The lowest BCUT2D eigenvalue weighted by atomic mass is 10.1. The van der Waals surface area contributed by atoms with E-state index in [-0.39, 0.29) is 39.0 Å². The molecular weight excluding hydrogens is 750 g/mol. The minimum atomic E-state index is -5.26. The molecule has 51 heavy (non-hydrogen) atoms. The average molecular weight is 772 g/mol. The van der Waals surface area contributed by atoms with E-state index in [1.54, 1.807) is 54.4 Å². The number of anilines is 4. The van der Waals surface area contributed by atoms with Crippen LogP contribution >= 0.6 is 11.6 Å². The Bertz CT molecular complexity index is 2750. The highest BCUT2D eigenvalue weighted by atomic mass is 35.5. The van der Waals surface area contributed by atoms with Gasteiger partial charge in [0.15, 0.2) is 5.75 Å². The number of aromatic nitrogens is 3. The molecule has 1 aromatic heterocycles. The Labute approximate surface area is 294 Å². The molecule has 5 aromatic carbocycles. The molecule has 0 fully saturated rings. The minimum absolute atomic E-state index is 0.0244. The highest BCUT2D eigenvalue weighted by Crippen LogP contribution is 2.46. The van der Waals surface area contributed by atoms with Crippen molar-refractivity contribution in [2.75, 3.05) is 17.3 Å². The van der Waals surface area contributed by atoms with Gasteiger partial charge in [-0.05, 0) is 58.8 Å². The van der Waals surface area contributed by atoms with Crippen LogP contribution in [0.3, 0.4) is 0 Å². The Balaban J connectivity index is 1.58. The quantitative estimate of drug-likeness (QED) is 0.0809. The maximum Gasteiger partial charge on any atom is 0.297 e. The normalized spacial score (nSPS) is 12.5. The van der Waals surface area contributed by atoms with E-state index in [2.05, 4.69) is 30.5 Å². The Morgan fingerprint density at radius 2 is 1.43 bits per heavy atom. The van der Waals surface area contributed by atoms with Crippen LogP contribution in [-0.4, -0.2) is 66.0 Å². The number of hydrogen-bond donors (Lipinski definition) is 5. The monoisotopic (exact) mass is 771 g/mol. The number of halogens is 1. The summed E-state index contributed by atoms with van der Waals surface area (Å²) in [4.78, 5) is 11.4. The van der Waals surface area contributed by atoms with Crippen LogP contribution in [0, 0.1) is 0 Å². The molecule has 262 valence electrons. The Hall–Kier alpha value is -5.35. The molecule has 0 amide bonds. The summed E-state index contributed by atoms with van der Waals surface area (Å²) in [6.07, 6.45) is 0. The summed E-state index contributed by atoms with van der Waals surface area (Å²) in [5.74, 6) is -1.28. The van der Waals surface area contributed by atoms with Crippen LogP contribution in [0.5, 0.6) is 5.75 Å². The van der Waals surface area contributed by atoms with Crippen molar-refractivity contribution in [3.8, 4) is 5.75 Å². The van der Waals surface area contributed by atoms with Crippen molar-refractivity contribution in [3.63, 3.8) is 0 Å². The summed E-state index contributed by atoms with van der Waals surface area (Å²) in [6.45, 7) is 0. The first kappa shape index (κ1) is 35.5. The van der Waals surface area contributed by atoms with Gasteiger partial charge in [-0.3, -0.25) is 13.7 Å². The summed E-state index contributed by atoms with van der Waals surface area (Å²) < 4.78 is 104. The number of benzene rings is 5. The number of hydrogen-bond acceptors (Lipinski definition) is 14. The van der Waals surface area contributed by atoms with Gasteiger partial charge >= 0.3 is 0 Å². The van der Waals surface area contributed by atoms with E-state index in [1.807, 2.05) is 0 Å². The van der Waals surface area contributed by atoms with Crippen LogP contribution in [0.1, 0.15) is 0 Å². The molecule has 0 aliphatic rings. The molecule has 5 N–H and O–H groups in total. The lowest BCUT2D eigenvalue weighted by Crippen LogP contribution is -2.15. The average Bonchev–Trinajstić information content (AvgIpc) is 3.05. The van der Waals surface area contributed by atoms with Gasteiger partial charge in [0.1, 0.15) is 21.2 Å². The molecule has 0 aliphatic carbocycles. The SMILES string of the molecule is CN(c1ccccc1)c1nc(Cl)nc(Nc2cc(S(=O)(=O)O)cc3cc(S(=O)(=O)O)c(N=Nc4ccc5ccccc5c4S(=O)(=O)O)c(O)c23)n1. The summed E-state index contributed by atoms with van der Waals surface area (Å²) in [5, 5.41) is 21.3. The third-order valence-corrected chi connectivity index (χ3v) is 10.2. The summed E-state index contributed by atoms with van der Waals surface area (Å²) >= 11 is 6.18. The smallest absolute Gasteiger partial charge is 0.297 e. The third kappa shape index (κ3) is 7.28. The molecule has 17 nitrogen and oxygen atoms in total. The van der Waals surface area contributed by atoms with Crippen LogP contribution in [-0.2, 0) is 30.4 Å². The van der Waals surface area contributed by atoms with Gasteiger partial charge in [-0.1, -0.05) is 48.5 Å². The van der Waals surface area contributed by atoms with Crippen molar-refractivity contribution in [1.29, 1.82) is 0 Å². The van der Waals surface area contributed by atoms with Crippen molar-refractivity contribution in [2.24, 2.45) is 10.2 Å². The zero-order valence-corrected chi connectivity index (χ0v) is 28.8. The highest BCUT2D eigenvalue weighted by molar-refractivity contribution is 7.86. The number of nitrogens with one attached hydrogen (secondary N) is 1. The van der Waals surface area contributed by atoms with E-state index >= 15 is 0 Å². The van der Waals surface area contributed by atoms with Crippen molar-refractivity contribution < 1.29 is 44.0 Å². The first-order valence-electron chi connectivity index (χ1n) is 14.1. The van der Waals surface area contributed by atoms with Crippen LogP contribution in [0.2, 0.25) is 5.28 Å². The zero-order valence-electron chi connectivity index (χ0n) is 25.6. The van der Waals surface area contributed by atoms with Gasteiger partial charge in [0, 0.05) is 23.5 Å². The Morgan fingerprint density at radius 3 is 2.10 bits per heavy atom. The number of nitrogens with zero attached hydrogens (tertiary/aromatic N) is 6. The fourth-order valence-corrected chi connectivity index (χ4v) is 7.31. The molecule has 1 heterocycles. The van der Waals surface area contributed by atoms with Crippen molar-refractivity contribution in [1.82, 2.24) is 15.0 Å². The van der Waals surface area contributed by atoms with Crippen LogP contribution in [0.4, 0.5) is 34.6 Å². The second kappa shape index (κ2) is 13.1. The number of azo groups is 1. The molecule has 0 saturated heterocycles. The van der Waals surface area contributed by atoms with Gasteiger partial charge in [-0.25, -0.2) is 0 Å². The number of phenolic OH excluding ortho intramolecular Hbond substituents is 1. The Morgan fingerprint density at radius 1 is 0.745 bits per heavy atom. The van der Waals surface area contributed by atoms with E-state index in [0.717, 1.165) is 18.2 Å². The summed E-state index contributed by atoms with van der Waals surface area (Å²) in [5.41, 5.74) is -1.07. The summed E-state index contributed by atoms with van der Waals surface area (Å²) in [6, 6.07) is 19.9. The van der Waals surface area contributed by atoms with Gasteiger partial charge in [-0.2, -0.15) is 40.2 Å². The molecule has 0 radical (unpaired) electrons. The number of fused-ring (bicyclic) bond motifs is 2. The molecule has 0 atom stereocenters. The van der Waals surface area contributed by atoms with Gasteiger partial charge in [0.05, 0.1) is 10.6 Å². The first-order chi connectivity index (χ1) is 23.9. The predicted molar refractivity (Wildman–Crippen MR) is 186 cm³/mol. The van der Waals surface area contributed by atoms with Gasteiger partial charge in [-0.15, -0.1) is 10.2 Å². The van der Waals surface area contributed by atoms with E-state index in [4.69, 9.17) is 11.6 Å². The van der Waals surface area contributed by atoms with Crippen molar-refractivity contribution in [2.45, 2.75) is 14.7 Å². The highest BCUT2D eigenvalue weighted by Gasteiger charge is 2.27. The second-order valence-corrected chi connectivity index (χ2v) is 15.2. The lowest BCUT2D eigenvalue weighted by Gasteiger charge is -2.18. The van der Waals surface area contributed by atoms with E-state index < -0.39 is 62.2 Å². The predicted octanol–water partition coefficient (Wildman–Crippen LogP) is 6.20. The summed E-state index contributed by atoms with van der Waals surface area (Å²) in [7, 11) is -13.6. The molecule has 0 spiro atoms. The van der Waals surface area contributed by atoms with Gasteiger partial charge in [0.25, 0.3) is 30.4 Å². The van der Waals surface area contributed by atoms with Crippen LogP contribution in [0.25, 0.3) is 21.5 Å². The Kier molecular flexibility index (Phi) is 9.10. The minimum Gasteiger partial charge on any atom is -0.505 e. The van der Waals surface area contributed by atoms with E-state index in [0.29, 0.717) is 11.1 Å². The molecule has 21 heteroatoms. The molecule has 0 bridgehead atoms. The van der Waals surface area contributed by atoms with E-state index in [1.165, 1.54) is 24.3 Å². The maximum absolute atomic E-state index is 12.6. The van der Waals surface area contributed by atoms with Gasteiger partial charge < -0.3 is 15.3 Å². The first-order valence-corrected chi connectivity index (χ1v) is 18.8. The molecular formula is C30H22ClN7O10S3. The number of phenols is 1. The van der Waals surface area contributed by atoms with Crippen molar-refractivity contribution in [3.05, 3.63) is 90.2 Å². The van der Waals surface area contributed by atoms with E-state index in [9.17, 15) is 44.0 Å². The van der Waals surface area contributed by atoms with Gasteiger partial charge in [0.2, 0.25) is 17.2 Å². The zero-order chi connectivity index (χ0) is 36.9. The van der Waals surface area contributed by atoms with Crippen LogP contribution in [0.15, 0.2) is 110 Å². The molecule has 0 unspecified atom stereocenters. The topological polar surface area (TPSA) is 262 Å². The largest absolute Gasteiger partial charge is 0.505 e. The second-order valence-electron chi connectivity index (χ2n) is 10.6. The molecule has 6 aromatic rings.